The highest BCUT2D eigenvalue weighted by Gasteiger charge is 2.41. The molecule has 0 spiro atoms. The molecule has 1 aliphatic carbocycles. The smallest absolute Gasteiger partial charge is 0.309 e. The summed E-state index contributed by atoms with van der Waals surface area (Å²) in [7, 11) is 0. The first-order valence-corrected chi connectivity index (χ1v) is 8.65. The number of anilines is 1. The van der Waals surface area contributed by atoms with E-state index in [1.54, 1.807) is 5.38 Å². The number of amides is 1. The van der Waals surface area contributed by atoms with Crippen LogP contribution >= 0.6 is 11.3 Å². The Kier molecular flexibility index (Phi) is 4.80. The number of aromatic nitrogens is 1. The Morgan fingerprint density at radius 1 is 1.36 bits per heavy atom. The van der Waals surface area contributed by atoms with Crippen molar-refractivity contribution in [3.05, 3.63) is 35.2 Å². The van der Waals surface area contributed by atoms with Crippen molar-refractivity contribution in [1.82, 2.24) is 4.98 Å². The minimum absolute atomic E-state index is 0.116. The van der Waals surface area contributed by atoms with Crippen LogP contribution in [0.1, 0.15) is 20.3 Å². The number of esters is 1. The van der Waals surface area contributed by atoms with Crippen molar-refractivity contribution < 1.29 is 23.1 Å². The van der Waals surface area contributed by atoms with Crippen molar-refractivity contribution in [2.45, 2.75) is 26.4 Å². The average Bonchev–Trinajstić information content (AvgIpc) is 3.12. The van der Waals surface area contributed by atoms with Gasteiger partial charge in [0.15, 0.2) is 22.9 Å². The largest absolute Gasteiger partial charge is 0.452 e. The third-order valence-electron chi connectivity index (χ3n) is 4.02. The number of halogens is 2. The molecule has 1 aliphatic rings. The number of nitrogens with zero attached hydrogens (tertiary/aromatic N) is 1. The molecule has 0 saturated heterocycles. The number of benzene rings is 1. The molecule has 132 valence electrons. The molecular weight excluding hydrogens is 350 g/mol. The number of ether oxygens (including phenoxy) is 1. The summed E-state index contributed by atoms with van der Waals surface area (Å²) < 4.78 is 31.4. The predicted octanol–water partition coefficient (Wildman–Crippen LogP) is 3.61. The number of carbonyl (C=O) groups is 2. The first-order valence-electron chi connectivity index (χ1n) is 7.77. The third-order valence-corrected chi connectivity index (χ3v) is 4.78. The van der Waals surface area contributed by atoms with Crippen LogP contribution in [0.3, 0.4) is 0 Å². The highest BCUT2D eigenvalue weighted by atomic mass is 32.1. The summed E-state index contributed by atoms with van der Waals surface area (Å²) in [5.41, 5.74) is 0.813. The van der Waals surface area contributed by atoms with Crippen LogP contribution in [0, 0.1) is 23.5 Å². The normalized spacial score (nSPS) is 20.0. The molecule has 0 unspecified atom stereocenters. The second-order valence-corrected chi connectivity index (χ2v) is 6.91. The molecule has 8 heteroatoms. The molecule has 3 rings (SSSR count). The van der Waals surface area contributed by atoms with E-state index in [1.165, 1.54) is 13.0 Å². The van der Waals surface area contributed by atoms with Gasteiger partial charge < -0.3 is 4.74 Å². The van der Waals surface area contributed by atoms with Crippen LogP contribution in [0.15, 0.2) is 23.6 Å². The highest BCUT2D eigenvalue weighted by Crippen LogP contribution is 2.38. The zero-order valence-corrected chi connectivity index (χ0v) is 14.4. The lowest BCUT2D eigenvalue weighted by atomic mass is 10.2. The second kappa shape index (κ2) is 6.87. The summed E-state index contributed by atoms with van der Waals surface area (Å²) in [5.74, 6) is -2.57. The van der Waals surface area contributed by atoms with Crippen molar-refractivity contribution in [1.29, 1.82) is 0 Å². The lowest BCUT2D eigenvalue weighted by Crippen LogP contribution is -2.30. The van der Waals surface area contributed by atoms with E-state index in [0.717, 1.165) is 29.9 Å². The fourth-order valence-corrected chi connectivity index (χ4v) is 3.01. The number of carbonyl (C=O) groups excluding carboxylic acids is 2. The van der Waals surface area contributed by atoms with Crippen LogP contribution in [-0.2, 0) is 14.3 Å². The topological polar surface area (TPSA) is 68.3 Å². The van der Waals surface area contributed by atoms with Crippen LogP contribution in [-0.4, -0.2) is 23.0 Å². The molecule has 1 aromatic heterocycles. The summed E-state index contributed by atoms with van der Waals surface area (Å²) in [6, 6.07) is 3.46. The molecule has 1 aromatic carbocycles. The van der Waals surface area contributed by atoms with Crippen molar-refractivity contribution in [3.63, 3.8) is 0 Å². The van der Waals surface area contributed by atoms with E-state index >= 15 is 0 Å². The fraction of sp³-hybridized carbons (Fsp3) is 0.353. The second-order valence-electron chi connectivity index (χ2n) is 6.05. The molecule has 1 heterocycles. The molecule has 1 fully saturated rings. The minimum atomic E-state index is -0.967. The van der Waals surface area contributed by atoms with Gasteiger partial charge in [-0.2, -0.15) is 0 Å². The quantitative estimate of drug-likeness (QED) is 0.821. The number of rotatable bonds is 5. The fourth-order valence-electron chi connectivity index (χ4n) is 2.29. The van der Waals surface area contributed by atoms with Gasteiger partial charge in [-0.05, 0) is 37.5 Å². The molecule has 0 bridgehead atoms. The molecule has 25 heavy (non-hydrogen) atoms. The molecule has 0 radical (unpaired) electrons. The van der Waals surface area contributed by atoms with Crippen molar-refractivity contribution >= 4 is 28.3 Å². The van der Waals surface area contributed by atoms with Gasteiger partial charge in [0.2, 0.25) is 0 Å². The van der Waals surface area contributed by atoms with Gasteiger partial charge in [-0.3, -0.25) is 14.9 Å². The molecule has 1 saturated carbocycles. The lowest BCUT2D eigenvalue weighted by molar-refractivity contribution is -0.154. The third kappa shape index (κ3) is 4.01. The molecule has 1 amide bonds. The van der Waals surface area contributed by atoms with Gasteiger partial charge in [-0.25, -0.2) is 13.8 Å². The van der Waals surface area contributed by atoms with E-state index in [4.69, 9.17) is 4.74 Å². The lowest BCUT2D eigenvalue weighted by Gasteiger charge is -2.12. The van der Waals surface area contributed by atoms with E-state index in [2.05, 4.69) is 10.3 Å². The molecule has 3 atom stereocenters. The summed E-state index contributed by atoms with van der Waals surface area (Å²) >= 11 is 1.14. The Hall–Kier alpha value is -2.35. The highest BCUT2D eigenvalue weighted by molar-refractivity contribution is 7.14. The molecule has 0 aliphatic heterocycles. The van der Waals surface area contributed by atoms with E-state index in [-0.39, 0.29) is 17.0 Å². The molecule has 1 N–H and O–H groups in total. The predicted molar refractivity (Wildman–Crippen MR) is 88.9 cm³/mol. The Balaban J connectivity index is 1.61. The maximum Gasteiger partial charge on any atom is 0.309 e. The van der Waals surface area contributed by atoms with Crippen molar-refractivity contribution in [3.8, 4) is 11.3 Å². The SMILES string of the molecule is C[C@H](OC(=O)[C@@H]1C[C@@H]1C)C(=O)Nc1nc(-c2ccc(F)c(F)c2)cs1. The first kappa shape index (κ1) is 17.5. The van der Waals surface area contributed by atoms with Crippen molar-refractivity contribution in [2.75, 3.05) is 5.32 Å². The maximum absolute atomic E-state index is 13.3. The number of hydrogen-bond donors (Lipinski definition) is 1. The van der Waals surface area contributed by atoms with Gasteiger partial charge in [0, 0.05) is 10.9 Å². The maximum atomic E-state index is 13.3. The number of hydrogen-bond acceptors (Lipinski definition) is 5. The summed E-state index contributed by atoms with van der Waals surface area (Å²) in [6.45, 7) is 3.44. The molecule has 2 aromatic rings. The average molecular weight is 366 g/mol. The minimum Gasteiger partial charge on any atom is -0.452 e. The summed E-state index contributed by atoms with van der Waals surface area (Å²) in [6.07, 6.45) is -0.145. The summed E-state index contributed by atoms with van der Waals surface area (Å²) in [5, 5.41) is 4.46. The first-order chi connectivity index (χ1) is 11.8. The zero-order valence-electron chi connectivity index (χ0n) is 13.6. The summed E-state index contributed by atoms with van der Waals surface area (Å²) in [4.78, 5) is 28.0. The van der Waals surface area contributed by atoms with E-state index in [1.807, 2.05) is 6.92 Å². The van der Waals surface area contributed by atoms with Gasteiger partial charge in [0.25, 0.3) is 5.91 Å². The Labute approximate surface area is 147 Å². The zero-order chi connectivity index (χ0) is 18.1. The van der Waals surface area contributed by atoms with Crippen LogP contribution < -0.4 is 5.32 Å². The van der Waals surface area contributed by atoms with Gasteiger partial charge in [0.05, 0.1) is 11.6 Å². The van der Waals surface area contributed by atoms with Crippen LogP contribution in [0.4, 0.5) is 13.9 Å². The Morgan fingerprint density at radius 3 is 2.72 bits per heavy atom. The van der Waals surface area contributed by atoms with Gasteiger partial charge in [-0.1, -0.05) is 6.92 Å². The van der Waals surface area contributed by atoms with Crippen LogP contribution in [0.25, 0.3) is 11.3 Å². The van der Waals surface area contributed by atoms with Crippen LogP contribution in [0.5, 0.6) is 0 Å². The standard InChI is InChI=1S/C17H16F2N2O3S/c1-8-5-11(8)16(23)24-9(2)15(22)21-17-20-14(7-25-17)10-3-4-12(18)13(19)6-10/h3-4,6-9,11H,5H2,1-2H3,(H,20,21,22)/t8-,9-,11+/m0/s1. The van der Waals surface area contributed by atoms with E-state index in [0.29, 0.717) is 17.2 Å². The van der Waals surface area contributed by atoms with E-state index < -0.39 is 23.6 Å². The monoisotopic (exact) mass is 366 g/mol. The molecular formula is C17H16F2N2O3S. The Morgan fingerprint density at radius 2 is 2.08 bits per heavy atom. The van der Waals surface area contributed by atoms with Gasteiger partial charge in [0.1, 0.15) is 0 Å². The van der Waals surface area contributed by atoms with Gasteiger partial charge in [-0.15, -0.1) is 11.3 Å². The van der Waals surface area contributed by atoms with Crippen molar-refractivity contribution in [2.24, 2.45) is 11.8 Å². The number of thiazole rings is 1. The van der Waals surface area contributed by atoms with Crippen LogP contribution in [0.2, 0.25) is 0 Å². The molecule has 5 nitrogen and oxygen atoms in total. The van der Waals surface area contributed by atoms with Gasteiger partial charge >= 0.3 is 5.97 Å². The van der Waals surface area contributed by atoms with E-state index in [9.17, 15) is 18.4 Å². The number of nitrogens with one attached hydrogen (secondary N) is 1. The Bertz CT molecular complexity index is 824.